The number of carbonyl (C=O) groups excluding carboxylic acids is 2. The van der Waals surface area contributed by atoms with Gasteiger partial charge in [-0.3, -0.25) is 13.9 Å². The first kappa shape index (κ1) is 24.5. The van der Waals surface area contributed by atoms with Crippen molar-refractivity contribution in [1.29, 1.82) is 0 Å². The lowest BCUT2D eigenvalue weighted by atomic mass is 9.95. The summed E-state index contributed by atoms with van der Waals surface area (Å²) in [6.07, 6.45) is 1.18. The molecular formula is C26H33N5O4S. The lowest BCUT2D eigenvalue weighted by molar-refractivity contribution is -0.120. The van der Waals surface area contributed by atoms with Crippen molar-refractivity contribution >= 4 is 33.3 Å². The molecular weight excluding hydrogens is 478 g/mol. The van der Waals surface area contributed by atoms with Gasteiger partial charge in [-0.2, -0.15) is 0 Å². The summed E-state index contributed by atoms with van der Waals surface area (Å²) in [7, 11) is -3.49. The molecule has 0 bridgehead atoms. The minimum atomic E-state index is -3.49. The predicted molar refractivity (Wildman–Crippen MR) is 139 cm³/mol. The van der Waals surface area contributed by atoms with Gasteiger partial charge in [0.1, 0.15) is 5.82 Å². The van der Waals surface area contributed by atoms with E-state index in [1.165, 1.54) is 4.31 Å². The number of rotatable bonds is 4. The van der Waals surface area contributed by atoms with Crippen LogP contribution in [0.1, 0.15) is 51.5 Å². The lowest BCUT2D eigenvalue weighted by Crippen LogP contribution is -2.49. The van der Waals surface area contributed by atoms with Crippen molar-refractivity contribution in [2.45, 2.75) is 39.5 Å². The molecule has 192 valence electrons. The summed E-state index contributed by atoms with van der Waals surface area (Å²) < 4.78 is 27.0. The normalized spacial score (nSPS) is 21.7. The number of nitrogens with one attached hydrogen (secondary N) is 1. The average molecular weight is 512 g/mol. The Morgan fingerprint density at radius 1 is 1.03 bits per heavy atom. The molecule has 0 saturated carbocycles. The van der Waals surface area contributed by atoms with Crippen molar-refractivity contribution < 1.29 is 18.0 Å². The minimum Gasteiger partial charge on any atom is -0.356 e. The van der Waals surface area contributed by atoms with E-state index in [-0.39, 0.29) is 23.5 Å². The fourth-order valence-electron chi connectivity index (χ4n) is 5.42. The van der Waals surface area contributed by atoms with Crippen LogP contribution in [0, 0.1) is 20.8 Å². The van der Waals surface area contributed by atoms with Gasteiger partial charge in [-0.15, -0.1) is 0 Å². The second kappa shape index (κ2) is 9.38. The molecule has 4 heterocycles. The quantitative estimate of drug-likeness (QED) is 0.675. The number of carbonyl (C=O) groups is 2. The van der Waals surface area contributed by atoms with Crippen LogP contribution >= 0.6 is 0 Å². The van der Waals surface area contributed by atoms with Gasteiger partial charge >= 0.3 is 0 Å². The molecule has 0 radical (unpaired) electrons. The molecule has 10 heteroatoms. The number of benzene rings is 1. The van der Waals surface area contributed by atoms with Crippen LogP contribution in [-0.4, -0.2) is 75.1 Å². The van der Waals surface area contributed by atoms with Crippen LogP contribution in [0.25, 0.3) is 0 Å². The summed E-state index contributed by atoms with van der Waals surface area (Å²) in [6.45, 7) is 9.40. The van der Waals surface area contributed by atoms with Crippen LogP contribution in [0.5, 0.6) is 0 Å². The topological polar surface area (TPSA) is 103 Å². The molecule has 1 N–H and O–H groups in total. The highest BCUT2D eigenvalue weighted by molar-refractivity contribution is 7.93. The molecule has 3 fully saturated rings. The number of piperazine rings is 1. The molecule has 36 heavy (non-hydrogen) atoms. The SMILES string of the molecule is Cc1cc(C)c(N2CCN(C(=O)c3ccc(C4CCNC4=O)cc3N3CCCS3(=O)=O)CC2)nc1C. The molecule has 3 saturated heterocycles. The van der Waals surface area contributed by atoms with Gasteiger partial charge in [0.25, 0.3) is 5.91 Å². The Bertz CT molecular complexity index is 1320. The monoisotopic (exact) mass is 511 g/mol. The van der Waals surface area contributed by atoms with Gasteiger partial charge in [-0.1, -0.05) is 12.1 Å². The molecule has 2 amide bonds. The second-order valence-electron chi connectivity index (χ2n) is 9.96. The van der Waals surface area contributed by atoms with Crippen LogP contribution in [0.15, 0.2) is 24.3 Å². The summed E-state index contributed by atoms with van der Waals surface area (Å²) >= 11 is 0. The first-order chi connectivity index (χ1) is 17.2. The zero-order valence-electron chi connectivity index (χ0n) is 21.1. The molecule has 2 aromatic rings. The number of aryl methyl sites for hydroxylation is 3. The minimum absolute atomic E-state index is 0.0596. The average Bonchev–Trinajstić information content (AvgIpc) is 3.45. The molecule has 1 unspecified atom stereocenters. The van der Waals surface area contributed by atoms with E-state index in [1.54, 1.807) is 23.1 Å². The fraction of sp³-hybridized carbons (Fsp3) is 0.500. The lowest BCUT2D eigenvalue weighted by Gasteiger charge is -2.37. The Morgan fingerprint density at radius 3 is 2.42 bits per heavy atom. The van der Waals surface area contributed by atoms with Crippen molar-refractivity contribution in [2.24, 2.45) is 0 Å². The van der Waals surface area contributed by atoms with Gasteiger partial charge in [-0.05, 0) is 62.4 Å². The van der Waals surface area contributed by atoms with Gasteiger partial charge in [-0.25, -0.2) is 13.4 Å². The van der Waals surface area contributed by atoms with E-state index < -0.39 is 10.0 Å². The van der Waals surface area contributed by atoms with E-state index in [0.29, 0.717) is 63.4 Å². The van der Waals surface area contributed by atoms with Gasteiger partial charge in [0.05, 0.1) is 22.9 Å². The highest BCUT2D eigenvalue weighted by atomic mass is 32.2. The van der Waals surface area contributed by atoms with E-state index >= 15 is 0 Å². The number of anilines is 2. The van der Waals surface area contributed by atoms with Crippen molar-refractivity contribution in [2.75, 3.05) is 54.2 Å². The number of aromatic nitrogens is 1. The Kier molecular flexibility index (Phi) is 6.40. The van der Waals surface area contributed by atoms with Gasteiger partial charge in [0, 0.05) is 45.0 Å². The van der Waals surface area contributed by atoms with Crippen molar-refractivity contribution in [3.8, 4) is 0 Å². The Morgan fingerprint density at radius 2 is 1.78 bits per heavy atom. The Hall–Kier alpha value is -3.14. The van der Waals surface area contributed by atoms with Crippen LogP contribution in [-0.2, 0) is 14.8 Å². The number of sulfonamides is 1. The van der Waals surface area contributed by atoms with E-state index in [9.17, 15) is 18.0 Å². The summed E-state index contributed by atoms with van der Waals surface area (Å²) in [5, 5.41) is 2.83. The largest absolute Gasteiger partial charge is 0.356 e. The molecule has 3 aliphatic heterocycles. The third-order valence-corrected chi connectivity index (χ3v) is 9.42. The number of nitrogens with zero attached hydrogens (tertiary/aromatic N) is 4. The molecule has 0 aliphatic carbocycles. The van der Waals surface area contributed by atoms with E-state index in [1.807, 2.05) is 6.92 Å². The third kappa shape index (κ3) is 4.42. The number of amides is 2. The maximum atomic E-state index is 13.7. The molecule has 0 spiro atoms. The highest BCUT2D eigenvalue weighted by Crippen LogP contribution is 2.34. The van der Waals surface area contributed by atoms with Gasteiger partial charge < -0.3 is 15.1 Å². The molecule has 1 aromatic heterocycles. The van der Waals surface area contributed by atoms with E-state index in [0.717, 1.165) is 28.2 Å². The maximum absolute atomic E-state index is 13.7. The second-order valence-corrected chi connectivity index (χ2v) is 12.0. The first-order valence-corrected chi connectivity index (χ1v) is 14.2. The van der Waals surface area contributed by atoms with Crippen molar-refractivity contribution in [3.05, 3.63) is 52.2 Å². The van der Waals surface area contributed by atoms with E-state index in [2.05, 4.69) is 30.1 Å². The molecule has 1 aromatic carbocycles. The third-order valence-electron chi connectivity index (χ3n) is 7.57. The molecule has 5 rings (SSSR count). The number of hydrogen-bond donors (Lipinski definition) is 1. The molecule has 1 atom stereocenters. The number of pyridine rings is 1. The van der Waals surface area contributed by atoms with Gasteiger partial charge in [0.2, 0.25) is 15.9 Å². The standard InChI is InChI=1S/C26H33N5O4S/c1-17-15-18(2)24(28-19(17)3)29-10-12-30(13-11-29)26(33)22-6-5-20(21-7-8-27-25(21)32)16-23(22)31-9-4-14-36(31,34)35/h5-6,15-16,21H,4,7-14H2,1-3H3,(H,27,32). The molecule has 3 aliphatic rings. The first-order valence-electron chi connectivity index (χ1n) is 12.6. The zero-order chi connectivity index (χ0) is 25.6. The Labute approximate surface area is 212 Å². The highest BCUT2D eigenvalue weighted by Gasteiger charge is 2.35. The Balaban J connectivity index is 1.40. The van der Waals surface area contributed by atoms with Crippen LogP contribution in [0.3, 0.4) is 0 Å². The van der Waals surface area contributed by atoms with Crippen LogP contribution in [0.2, 0.25) is 0 Å². The van der Waals surface area contributed by atoms with Crippen LogP contribution < -0.4 is 14.5 Å². The van der Waals surface area contributed by atoms with Gasteiger partial charge in [0.15, 0.2) is 0 Å². The summed E-state index contributed by atoms with van der Waals surface area (Å²) in [5.74, 6) is 0.453. The predicted octanol–water partition coefficient (Wildman–Crippen LogP) is 2.11. The fourth-order valence-corrected chi connectivity index (χ4v) is 6.99. The van der Waals surface area contributed by atoms with Crippen molar-refractivity contribution in [1.82, 2.24) is 15.2 Å². The summed E-state index contributed by atoms with van der Waals surface area (Å²) in [4.78, 5) is 34.7. The smallest absolute Gasteiger partial charge is 0.256 e. The van der Waals surface area contributed by atoms with E-state index in [4.69, 9.17) is 4.98 Å². The van der Waals surface area contributed by atoms with Crippen molar-refractivity contribution in [3.63, 3.8) is 0 Å². The zero-order valence-corrected chi connectivity index (χ0v) is 21.9. The summed E-state index contributed by atoms with van der Waals surface area (Å²) in [5.41, 5.74) is 4.79. The maximum Gasteiger partial charge on any atom is 0.256 e. The van der Waals surface area contributed by atoms with Crippen LogP contribution in [0.4, 0.5) is 11.5 Å². The number of hydrogen-bond acceptors (Lipinski definition) is 6. The summed E-state index contributed by atoms with van der Waals surface area (Å²) in [6, 6.07) is 7.38. The molecule has 9 nitrogen and oxygen atoms in total.